The average Bonchev–Trinajstić information content (AvgIpc) is 2.88. The molecule has 0 saturated carbocycles. The molecule has 0 fully saturated rings. The van der Waals surface area contributed by atoms with Gasteiger partial charge in [0.2, 0.25) is 0 Å². The monoisotopic (exact) mass is 334 g/mol. The van der Waals surface area contributed by atoms with Crippen LogP contribution >= 0.6 is 15.9 Å². The summed E-state index contributed by atoms with van der Waals surface area (Å²) in [7, 11) is 0. The van der Waals surface area contributed by atoms with Gasteiger partial charge in [-0.15, -0.1) is 0 Å². The van der Waals surface area contributed by atoms with E-state index >= 15 is 0 Å². The Bertz CT molecular complexity index is 587. The van der Waals surface area contributed by atoms with Crippen molar-refractivity contribution in [2.45, 2.75) is 32.9 Å². The van der Waals surface area contributed by atoms with E-state index in [1.54, 1.807) is 0 Å². The Morgan fingerprint density at radius 1 is 1.15 bits per heavy atom. The van der Waals surface area contributed by atoms with Crippen molar-refractivity contribution in [3.63, 3.8) is 0 Å². The van der Waals surface area contributed by atoms with Crippen LogP contribution in [-0.4, -0.2) is 10.5 Å². The lowest BCUT2D eigenvalue weighted by Gasteiger charge is -2.17. The number of hydrogen-bond acceptors (Lipinski definition) is 1. The molecule has 0 radical (unpaired) electrons. The van der Waals surface area contributed by atoms with Gasteiger partial charge in [0.05, 0.1) is 6.04 Å². The molecule has 4 heteroatoms. The molecular weight excluding hydrogens is 316 g/mol. The van der Waals surface area contributed by atoms with Crippen LogP contribution in [0.1, 0.15) is 48.9 Å². The Labute approximate surface area is 128 Å². The molecule has 2 rings (SSSR count). The van der Waals surface area contributed by atoms with Crippen molar-refractivity contribution in [3.05, 3.63) is 58.3 Å². The maximum atomic E-state index is 12.3. The molecule has 0 spiro atoms. The highest BCUT2D eigenvalue weighted by Crippen LogP contribution is 2.18. The summed E-state index contributed by atoms with van der Waals surface area (Å²) < 4.78 is 3.01. The SMILES string of the molecule is CC(NC(=O)c1cccn1C(C)C)c1ccc(Br)cc1. The minimum Gasteiger partial charge on any atom is -0.344 e. The molecule has 1 aromatic carbocycles. The van der Waals surface area contributed by atoms with E-state index < -0.39 is 0 Å². The minimum absolute atomic E-state index is 0.0221. The van der Waals surface area contributed by atoms with Crippen molar-refractivity contribution in [2.75, 3.05) is 0 Å². The number of benzene rings is 1. The molecule has 1 aromatic heterocycles. The summed E-state index contributed by atoms with van der Waals surface area (Å²) in [4.78, 5) is 12.3. The Hall–Kier alpha value is -1.55. The van der Waals surface area contributed by atoms with Crippen LogP contribution in [0.25, 0.3) is 0 Å². The molecule has 1 heterocycles. The fourth-order valence-corrected chi connectivity index (χ4v) is 2.41. The third kappa shape index (κ3) is 3.31. The van der Waals surface area contributed by atoms with E-state index in [-0.39, 0.29) is 18.0 Å². The van der Waals surface area contributed by atoms with Crippen LogP contribution in [0.5, 0.6) is 0 Å². The van der Waals surface area contributed by atoms with Crippen molar-refractivity contribution in [3.8, 4) is 0 Å². The first kappa shape index (κ1) is 14.9. The molecule has 2 aromatic rings. The average molecular weight is 335 g/mol. The highest BCUT2D eigenvalue weighted by Gasteiger charge is 2.15. The number of rotatable bonds is 4. The van der Waals surface area contributed by atoms with Gasteiger partial charge in [-0.05, 0) is 50.6 Å². The first-order valence-electron chi connectivity index (χ1n) is 6.72. The standard InChI is InChI=1S/C16H19BrN2O/c1-11(2)19-10-4-5-15(19)16(20)18-12(3)13-6-8-14(17)9-7-13/h4-12H,1-3H3,(H,18,20). The second-order valence-electron chi connectivity index (χ2n) is 5.14. The maximum Gasteiger partial charge on any atom is 0.268 e. The van der Waals surface area contributed by atoms with Gasteiger partial charge in [-0.2, -0.15) is 0 Å². The van der Waals surface area contributed by atoms with Crippen molar-refractivity contribution in [2.24, 2.45) is 0 Å². The third-order valence-electron chi connectivity index (χ3n) is 3.29. The van der Waals surface area contributed by atoms with E-state index in [1.807, 2.05) is 54.1 Å². The van der Waals surface area contributed by atoms with Crippen LogP contribution in [0.2, 0.25) is 0 Å². The van der Waals surface area contributed by atoms with Gasteiger partial charge in [-0.1, -0.05) is 28.1 Å². The molecule has 20 heavy (non-hydrogen) atoms. The number of carbonyl (C=O) groups excluding carboxylic acids is 1. The molecule has 1 unspecified atom stereocenters. The Kier molecular flexibility index (Phi) is 4.65. The van der Waals surface area contributed by atoms with Gasteiger partial charge in [0.25, 0.3) is 5.91 Å². The Morgan fingerprint density at radius 2 is 1.80 bits per heavy atom. The molecule has 1 atom stereocenters. The lowest BCUT2D eigenvalue weighted by Crippen LogP contribution is -2.28. The topological polar surface area (TPSA) is 34.0 Å². The van der Waals surface area contributed by atoms with E-state index in [0.717, 1.165) is 10.0 Å². The quantitative estimate of drug-likeness (QED) is 0.887. The summed E-state index contributed by atoms with van der Waals surface area (Å²) in [5.41, 5.74) is 1.79. The normalized spacial score (nSPS) is 12.4. The minimum atomic E-state index is -0.0425. The number of halogens is 1. The third-order valence-corrected chi connectivity index (χ3v) is 3.81. The van der Waals surface area contributed by atoms with Crippen LogP contribution in [-0.2, 0) is 0 Å². The molecule has 0 saturated heterocycles. The zero-order valence-corrected chi connectivity index (χ0v) is 13.5. The molecule has 1 N–H and O–H groups in total. The summed E-state index contributed by atoms with van der Waals surface area (Å²) in [6, 6.07) is 12.0. The summed E-state index contributed by atoms with van der Waals surface area (Å²) in [5, 5.41) is 3.04. The number of hydrogen-bond donors (Lipinski definition) is 1. The van der Waals surface area contributed by atoms with Crippen LogP contribution in [0.3, 0.4) is 0 Å². The fourth-order valence-electron chi connectivity index (χ4n) is 2.14. The first-order chi connectivity index (χ1) is 9.49. The summed E-state index contributed by atoms with van der Waals surface area (Å²) in [6.45, 7) is 6.12. The molecule has 0 bridgehead atoms. The van der Waals surface area contributed by atoms with E-state index in [9.17, 15) is 4.79 Å². The van der Waals surface area contributed by atoms with E-state index in [1.165, 1.54) is 0 Å². The number of carbonyl (C=O) groups is 1. The highest BCUT2D eigenvalue weighted by molar-refractivity contribution is 9.10. The van der Waals surface area contributed by atoms with Gasteiger partial charge < -0.3 is 9.88 Å². The molecule has 106 valence electrons. The zero-order valence-electron chi connectivity index (χ0n) is 11.9. The zero-order chi connectivity index (χ0) is 14.7. The van der Waals surface area contributed by atoms with Gasteiger partial charge in [-0.3, -0.25) is 4.79 Å². The van der Waals surface area contributed by atoms with Crippen molar-refractivity contribution in [1.29, 1.82) is 0 Å². The van der Waals surface area contributed by atoms with Crippen LogP contribution < -0.4 is 5.32 Å². The number of nitrogens with one attached hydrogen (secondary N) is 1. The molecule has 1 amide bonds. The van der Waals surface area contributed by atoms with E-state index in [4.69, 9.17) is 0 Å². The lowest BCUT2D eigenvalue weighted by molar-refractivity contribution is 0.0929. The molecule has 3 nitrogen and oxygen atoms in total. The van der Waals surface area contributed by atoms with Crippen LogP contribution in [0.4, 0.5) is 0 Å². The smallest absolute Gasteiger partial charge is 0.268 e. The molecule has 0 aliphatic rings. The van der Waals surface area contributed by atoms with Gasteiger partial charge in [0.15, 0.2) is 0 Å². The molecular formula is C16H19BrN2O. The van der Waals surface area contributed by atoms with Crippen molar-refractivity contribution < 1.29 is 4.79 Å². The fraction of sp³-hybridized carbons (Fsp3) is 0.312. The van der Waals surface area contributed by atoms with Gasteiger partial charge in [0, 0.05) is 16.7 Å². The van der Waals surface area contributed by atoms with Crippen molar-refractivity contribution >= 4 is 21.8 Å². The molecule has 0 aliphatic heterocycles. The summed E-state index contributed by atoms with van der Waals surface area (Å²) in [5.74, 6) is -0.0425. The Morgan fingerprint density at radius 3 is 2.40 bits per heavy atom. The Balaban J connectivity index is 2.11. The maximum absolute atomic E-state index is 12.3. The number of aromatic nitrogens is 1. The summed E-state index contributed by atoms with van der Waals surface area (Å²) >= 11 is 3.41. The summed E-state index contributed by atoms with van der Waals surface area (Å²) in [6.07, 6.45) is 1.93. The van der Waals surface area contributed by atoms with E-state index in [0.29, 0.717) is 5.69 Å². The van der Waals surface area contributed by atoms with Gasteiger partial charge in [0.1, 0.15) is 5.69 Å². The van der Waals surface area contributed by atoms with Crippen LogP contribution in [0, 0.1) is 0 Å². The number of amides is 1. The second kappa shape index (κ2) is 6.27. The van der Waals surface area contributed by atoms with E-state index in [2.05, 4.69) is 35.1 Å². The lowest BCUT2D eigenvalue weighted by atomic mass is 10.1. The second-order valence-corrected chi connectivity index (χ2v) is 6.06. The van der Waals surface area contributed by atoms with Crippen LogP contribution in [0.15, 0.2) is 47.1 Å². The first-order valence-corrected chi connectivity index (χ1v) is 7.51. The van der Waals surface area contributed by atoms with Gasteiger partial charge in [-0.25, -0.2) is 0 Å². The number of nitrogens with zero attached hydrogens (tertiary/aromatic N) is 1. The predicted octanol–water partition coefficient (Wildman–Crippen LogP) is 4.32. The highest BCUT2D eigenvalue weighted by atomic mass is 79.9. The largest absolute Gasteiger partial charge is 0.344 e. The molecule has 0 aliphatic carbocycles. The predicted molar refractivity (Wildman–Crippen MR) is 84.8 cm³/mol. The van der Waals surface area contributed by atoms with Crippen molar-refractivity contribution in [1.82, 2.24) is 9.88 Å². The van der Waals surface area contributed by atoms with Gasteiger partial charge >= 0.3 is 0 Å².